The number of methoxy groups -OCH3 is 1. The van der Waals surface area contributed by atoms with Crippen LogP contribution >= 0.6 is 11.6 Å². The summed E-state index contributed by atoms with van der Waals surface area (Å²) in [7, 11) is 1.36. The maximum absolute atomic E-state index is 11.7. The topological polar surface area (TPSA) is 84.9 Å². The van der Waals surface area contributed by atoms with E-state index in [1.165, 1.54) is 19.2 Å². The Hall–Kier alpha value is -1.95. The van der Waals surface area contributed by atoms with Gasteiger partial charge in [0.1, 0.15) is 0 Å². The van der Waals surface area contributed by atoms with Crippen LogP contribution in [0.4, 0.5) is 0 Å². The van der Waals surface area contributed by atoms with Gasteiger partial charge in [0, 0.05) is 5.54 Å². The van der Waals surface area contributed by atoms with Crippen LogP contribution in [0.5, 0.6) is 11.5 Å². The quantitative estimate of drug-likeness (QED) is 0.871. The van der Waals surface area contributed by atoms with Crippen LogP contribution in [0.2, 0.25) is 5.02 Å². The molecule has 1 aromatic carbocycles. The first-order valence-electron chi connectivity index (χ1n) is 6.18. The molecule has 0 atom stereocenters. The lowest BCUT2D eigenvalue weighted by atomic mass is 10.1. The number of hydrogen-bond acceptors (Lipinski definition) is 4. The number of nitrogens with one attached hydrogen (secondary N) is 1. The second kappa shape index (κ2) is 6.67. The van der Waals surface area contributed by atoms with E-state index < -0.39 is 5.97 Å². The van der Waals surface area contributed by atoms with Gasteiger partial charge in [-0.1, -0.05) is 11.6 Å². The summed E-state index contributed by atoms with van der Waals surface area (Å²) < 4.78 is 10.4. The average molecular weight is 316 g/mol. The zero-order chi connectivity index (χ0) is 16.2. The Bertz CT molecular complexity index is 551. The monoisotopic (exact) mass is 315 g/mol. The van der Waals surface area contributed by atoms with Gasteiger partial charge in [-0.05, 0) is 32.9 Å². The van der Waals surface area contributed by atoms with Gasteiger partial charge in [0.2, 0.25) is 0 Å². The predicted octanol–water partition coefficient (Wildman–Crippen LogP) is 2.34. The van der Waals surface area contributed by atoms with Gasteiger partial charge in [0.05, 0.1) is 17.7 Å². The third kappa shape index (κ3) is 5.15. The lowest BCUT2D eigenvalue weighted by molar-refractivity contribution is -0.124. The Morgan fingerprint density at radius 3 is 2.43 bits per heavy atom. The van der Waals surface area contributed by atoms with Crippen molar-refractivity contribution in [2.24, 2.45) is 0 Å². The number of carbonyl (C=O) groups excluding carboxylic acids is 1. The van der Waals surface area contributed by atoms with Crippen LogP contribution in [0.3, 0.4) is 0 Å². The standard InChI is InChI=1S/C14H18ClNO5/c1-14(2,3)16-11(17)7-21-12-9(15)5-8(13(18)19)6-10(12)20-4/h5-6H,7H2,1-4H3,(H,16,17)(H,18,19). The zero-order valence-corrected chi connectivity index (χ0v) is 13.1. The molecule has 0 saturated carbocycles. The van der Waals surface area contributed by atoms with Crippen LogP contribution in [0.25, 0.3) is 0 Å². The number of rotatable bonds is 5. The van der Waals surface area contributed by atoms with Gasteiger partial charge in [-0.25, -0.2) is 4.79 Å². The van der Waals surface area contributed by atoms with Crippen LogP contribution in [0, 0.1) is 0 Å². The number of ether oxygens (including phenoxy) is 2. The van der Waals surface area contributed by atoms with Gasteiger partial charge < -0.3 is 19.9 Å². The molecule has 0 unspecified atom stereocenters. The van der Waals surface area contributed by atoms with E-state index in [1.54, 1.807) is 0 Å². The zero-order valence-electron chi connectivity index (χ0n) is 12.3. The fraction of sp³-hybridized carbons (Fsp3) is 0.429. The summed E-state index contributed by atoms with van der Waals surface area (Å²) in [5.74, 6) is -1.16. The smallest absolute Gasteiger partial charge is 0.335 e. The maximum Gasteiger partial charge on any atom is 0.335 e. The molecule has 0 fully saturated rings. The van der Waals surface area contributed by atoms with Crippen LogP contribution < -0.4 is 14.8 Å². The molecule has 1 aromatic rings. The van der Waals surface area contributed by atoms with Gasteiger partial charge in [0.25, 0.3) is 5.91 Å². The second-order valence-electron chi connectivity index (χ2n) is 5.38. The highest BCUT2D eigenvalue weighted by Crippen LogP contribution is 2.36. The fourth-order valence-electron chi connectivity index (χ4n) is 1.58. The lowest BCUT2D eigenvalue weighted by Crippen LogP contribution is -2.43. The average Bonchev–Trinajstić information content (AvgIpc) is 2.34. The van der Waals surface area contributed by atoms with Crippen molar-refractivity contribution in [1.82, 2.24) is 5.32 Å². The molecule has 1 rings (SSSR count). The first-order chi connectivity index (χ1) is 9.64. The molecule has 0 spiro atoms. The molecule has 21 heavy (non-hydrogen) atoms. The van der Waals surface area contributed by atoms with Crippen molar-refractivity contribution < 1.29 is 24.2 Å². The molecule has 2 N–H and O–H groups in total. The molecule has 6 nitrogen and oxygen atoms in total. The van der Waals surface area contributed by atoms with Crippen molar-refractivity contribution in [3.8, 4) is 11.5 Å². The maximum atomic E-state index is 11.7. The number of carbonyl (C=O) groups is 2. The summed E-state index contributed by atoms with van der Waals surface area (Å²) in [6.45, 7) is 5.29. The largest absolute Gasteiger partial charge is 0.493 e. The van der Waals surface area contributed by atoms with E-state index in [9.17, 15) is 9.59 Å². The number of carboxylic acid groups (broad SMARTS) is 1. The summed E-state index contributed by atoms with van der Waals surface area (Å²) in [4.78, 5) is 22.6. The minimum absolute atomic E-state index is 0.0247. The van der Waals surface area contributed by atoms with E-state index in [2.05, 4.69) is 5.32 Å². The van der Waals surface area contributed by atoms with Crippen LogP contribution in [0.1, 0.15) is 31.1 Å². The highest BCUT2D eigenvalue weighted by atomic mass is 35.5. The molecule has 116 valence electrons. The number of benzene rings is 1. The minimum atomic E-state index is -1.13. The summed E-state index contributed by atoms with van der Waals surface area (Å²) >= 11 is 5.97. The highest BCUT2D eigenvalue weighted by molar-refractivity contribution is 6.32. The van der Waals surface area contributed by atoms with E-state index in [1.807, 2.05) is 20.8 Å². The van der Waals surface area contributed by atoms with Crippen molar-refractivity contribution in [2.75, 3.05) is 13.7 Å². The molecule has 1 amide bonds. The third-order valence-corrected chi connectivity index (χ3v) is 2.62. The van der Waals surface area contributed by atoms with Gasteiger partial charge in [0.15, 0.2) is 18.1 Å². The predicted molar refractivity (Wildman–Crippen MR) is 78.4 cm³/mol. The van der Waals surface area contributed by atoms with Gasteiger partial charge in [-0.15, -0.1) is 0 Å². The molecule has 0 aliphatic rings. The summed E-state index contributed by atoms with van der Waals surface area (Å²) in [5.41, 5.74) is -0.398. The lowest BCUT2D eigenvalue weighted by Gasteiger charge is -2.21. The minimum Gasteiger partial charge on any atom is -0.493 e. The molecule has 0 radical (unpaired) electrons. The SMILES string of the molecule is COc1cc(C(=O)O)cc(Cl)c1OCC(=O)NC(C)(C)C. The number of amides is 1. The molecule has 0 aliphatic heterocycles. The Morgan fingerprint density at radius 2 is 1.95 bits per heavy atom. The second-order valence-corrected chi connectivity index (χ2v) is 5.79. The van der Waals surface area contributed by atoms with Crippen LogP contribution in [-0.2, 0) is 4.79 Å². The molecular weight excluding hydrogens is 298 g/mol. The number of aromatic carboxylic acids is 1. The number of halogens is 1. The Morgan fingerprint density at radius 1 is 1.33 bits per heavy atom. The third-order valence-electron chi connectivity index (χ3n) is 2.34. The van der Waals surface area contributed by atoms with Gasteiger partial charge in [-0.3, -0.25) is 4.79 Å². The first-order valence-corrected chi connectivity index (χ1v) is 6.56. The molecular formula is C14H18ClNO5. The van der Waals surface area contributed by atoms with Crippen molar-refractivity contribution in [2.45, 2.75) is 26.3 Å². The summed E-state index contributed by atoms with van der Waals surface area (Å²) in [5, 5.41) is 11.7. The summed E-state index contributed by atoms with van der Waals surface area (Å²) in [6.07, 6.45) is 0. The highest BCUT2D eigenvalue weighted by Gasteiger charge is 2.18. The molecule has 0 aliphatic carbocycles. The van der Waals surface area contributed by atoms with E-state index in [4.69, 9.17) is 26.2 Å². The van der Waals surface area contributed by atoms with Crippen LogP contribution in [0.15, 0.2) is 12.1 Å². The van der Waals surface area contributed by atoms with Gasteiger partial charge in [-0.2, -0.15) is 0 Å². The van der Waals surface area contributed by atoms with E-state index in [0.717, 1.165) is 0 Å². The molecule has 0 aromatic heterocycles. The molecule has 0 heterocycles. The van der Waals surface area contributed by atoms with Crippen molar-refractivity contribution in [3.63, 3.8) is 0 Å². The molecule has 7 heteroatoms. The number of carboxylic acids is 1. The molecule has 0 saturated heterocycles. The Balaban J connectivity index is 2.89. The first kappa shape index (κ1) is 17.1. The Kier molecular flexibility index (Phi) is 5.43. The fourth-order valence-corrected chi connectivity index (χ4v) is 1.84. The van der Waals surface area contributed by atoms with Crippen LogP contribution in [-0.4, -0.2) is 36.2 Å². The van der Waals surface area contributed by atoms with E-state index in [0.29, 0.717) is 0 Å². The molecule has 0 bridgehead atoms. The van der Waals surface area contributed by atoms with Crippen molar-refractivity contribution in [1.29, 1.82) is 0 Å². The Labute approximate surface area is 128 Å². The van der Waals surface area contributed by atoms with E-state index in [-0.39, 0.29) is 40.1 Å². The van der Waals surface area contributed by atoms with Crippen molar-refractivity contribution in [3.05, 3.63) is 22.7 Å². The van der Waals surface area contributed by atoms with Crippen molar-refractivity contribution >= 4 is 23.5 Å². The number of hydrogen-bond donors (Lipinski definition) is 2. The normalized spacial score (nSPS) is 10.9. The van der Waals surface area contributed by atoms with E-state index >= 15 is 0 Å². The van der Waals surface area contributed by atoms with Gasteiger partial charge >= 0.3 is 5.97 Å². The summed E-state index contributed by atoms with van der Waals surface area (Å²) in [6, 6.07) is 2.52.